The van der Waals surface area contributed by atoms with Crippen LogP contribution in [0.4, 0.5) is 0 Å². The van der Waals surface area contributed by atoms with Gasteiger partial charge in [-0.25, -0.2) is 4.68 Å². The third-order valence-electron chi connectivity index (χ3n) is 5.88. The Bertz CT molecular complexity index is 1010. The molecule has 2 aromatic carbocycles. The van der Waals surface area contributed by atoms with Gasteiger partial charge >= 0.3 is 0 Å². The lowest BCUT2D eigenvalue weighted by Crippen LogP contribution is -2.29. The van der Waals surface area contributed by atoms with Gasteiger partial charge in [-0.05, 0) is 37.6 Å². The number of halogens is 1. The molecule has 0 bridgehead atoms. The van der Waals surface area contributed by atoms with Crippen LogP contribution in [0.5, 0.6) is 0 Å². The molecule has 4 nitrogen and oxygen atoms in total. The van der Waals surface area contributed by atoms with Crippen molar-refractivity contribution in [3.05, 3.63) is 87.3 Å². The number of aromatic nitrogens is 2. The zero-order valence-corrected chi connectivity index (χ0v) is 17.2. The van der Waals surface area contributed by atoms with Crippen molar-refractivity contribution in [2.45, 2.75) is 38.8 Å². The minimum absolute atomic E-state index is 0.132. The Hall–Kier alpha value is -2.30. The predicted octanol–water partition coefficient (Wildman–Crippen LogP) is 4.48. The molecule has 1 unspecified atom stereocenters. The van der Waals surface area contributed by atoms with E-state index in [2.05, 4.69) is 49.1 Å². The average molecular weight is 396 g/mol. The van der Waals surface area contributed by atoms with E-state index in [0.29, 0.717) is 18.1 Å². The molecule has 0 N–H and O–H groups in total. The normalized spacial score (nSPS) is 20.0. The number of benzene rings is 2. The predicted molar refractivity (Wildman–Crippen MR) is 114 cm³/mol. The molecule has 5 heteroatoms. The summed E-state index contributed by atoms with van der Waals surface area (Å²) in [6.07, 6.45) is 1.10. The molecule has 0 aliphatic carbocycles. The molecule has 0 amide bonds. The van der Waals surface area contributed by atoms with Crippen molar-refractivity contribution in [1.82, 2.24) is 14.3 Å². The first-order chi connectivity index (χ1) is 13.5. The molecule has 1 atom stereocenters. The molecule has 146 valence electrons. The first-order valence-corrected chi connectivity index (χ1v) is 10.2. The highest BCUT2D eigenvalue weighted by Crippen LogP contribution is 2.35. The van der Waals surface area contributed by atoms with E-state index in [1.165, 1.54) is 5.56 Å². The Morgan fingerprint density at radius 1 is 1.04 bits per heavy atom. The summed E-state index contributed by atoms with van der Waals surface area (Å²) < 4.78 is 3.71. The van der Waals surface area contributed by atoms with Crippen LogP contribution < -0.4 is 5.56 Å². The number of nitrogens with zero attached hydrogens (tertiary/aromatic N) is 3. The van der Waals surface area contributed by atoms with Crippen LogP contribution >= 0.6 is 11.6 Å². The molecule has 1 aliphatic heterocycles. The number of rotatable bonds is 5. The van der Waals surface area contributed by atoms with Crippen LogP contribution in [0.25, 0.3) is 5.69 Å². The lowest BCUT2D eigenvalue weighted by atomic mass is 9.82. The molecular formula is C23H26ClN3O. The monoisotopic (exact) mass is 395 g/mol. The summed E-state index contributed by atoms with van der Waals surface area (Å²) in [6, 6.07) is 20.4. The Morgan fingerprint density at radius 3 is 2.32 bits per heavy atom. The van der Waals surface area contributed by atoms with E-state index in [9.17, 15) is 4.79 Å². The second kappa shape index (κ2) is 7.61. The van der Waals surface area contributed by atoms with E-state index in [-0.39, 0.29) is 11.0 Å². The Labute approximate surface area is 171 Å². The summed E-state index contributed by atoms with van der Waals surface area (Å²) in [5.74, 6) is 0. The zero-order valence-electron chi connectivity index (χ0n) is 16.4. The summed E-state index contributed by atoms with van der Waals surface area (Å²) in [7, 11) is 0. The van der Waals surface area contributed by atoms with E-state index in [4.69, 9.17) is 11.6 Å². The van der Waals surface area contributed by atoms with E-state index < -0.39 is 0 Å². The maximum absolute atomic E-state index is 12.9. The number of hydrogen-bond acceptors (Lipinski definition) is 2. The van der Waals surface area contributed by atoms with Gasteiger partial charge in [-0.1, -0.05) is 67.1 Å². The van der Waals surface area contributed by atoms with Crippen molar-refractivity contribution in [3.8, 4) is 5.69 Å². The molecule has 1 fully saturated rings. The van der Waals surface area contributed by atoms with E-state index in [1.54, 1.807) is 4.68 Å². The van der Waals surface area contributed by atoms with Crippen LogP contribution in [-0.4, -0.2) is 27.4 Å². The fourth-order valence-electron chi connectivity index (χ4n) is 4.35. The first-order valence-electron chi connectivity index (χ1n) is 9.87. The molecule has 0 radical (unpaired) electrons. The van der Waals surface area contributed by atoms with E-state index in [0.717, 1.165) is 30.9 Å². The Balaban J connectivity index is 1.64. The topological polar surface area (TPSA) is 30.2 Å². The van der Waals surface area contributed by atoms with Gasteiger partial charge in [0.1, 0.15) is 5.02 Å². The third kappa shape index (κ3) is 3.31. The lowest BCUT2D eigenvalue weighted by Gasteiger charge is -2.25. The molecule has 28 heavy (non-hydrogen) atoms. The summed E-state index contributed by atoms with van der Waals surface area (Å²) in [6.45, 7) is 7.71. The van der Waals surface area contributed by atoms with Gasteiger partial charge in [0.25, 0.3) is 5.56 Å². The van der Waals surface area contributed by atoms with Crippen molar-refractivity contribution >= 4 is 11.6 Å². The smallest absolute Gasteiger partial charge is 0.290 e. The maximum Gasteiger partial charge on any atom is 0.290 e. The van der Waals surface area contributed by atoms with Gasteiger partial charge in [0.05, 0.1) is 11.4 Å². The fraction of sp³-hybridized carbons (Fsp3) is 0.348. The maximum atomic E-state index is 12.9. The van der Waals surface area contributed by atoms with Gasteiger partial charge in [-0.15, -0.1) is 0 Å². The van der Waals surface area contributed by atoms with Crippen LogP contribution in [0.1, 0.15) is 31.5 Å². The quantitative estimate of drug-likeness (QED) is 0.637. The molecule has 1 aliphatic rings. The Morgan fingerprint density at radius 2 is 1.68 bits per heavy atom. The van der Waals surface area contributed by atoms with E-state index >= 15 is 0 Å². The molecule has 2 heterocycles. The highest BCUT2D eigenvalue weighted by atomic mass is 35.5. The SMILES string of the molecule is CCn1c(CN2CCC(C)(c3ccccc3)C2)c(Cl)c(=O)n1-c1ccccc1. The van der Waals surface area contributed by atoms with Crippen molar-refractivity contribution in [3.63, 3.8) is 0 Å². The average Bonchev–Trinajstić information content (AvgIpc) is 3.23. The van der Waals surface area contributed by atoms with Crippen LogP contribution in [-0.2, 0) is 18.5 Å². The molecule has 0 saturated carbocycles. The van der Waals surface area contributed by atoms with Gasteiger partial charge in [0.15, 0.2) is 0 Å². The molecule has 1 aromatic heterocycles. The highest BCUT2D eigenvalue weighted by molar-refractivity contribution is 6.31. The highest BCUT2D eigenvalue weighted by Gasteiger charge is 2.36. The van der Waals surface area contributed by atoms with Crippen molar-refractivity contribution in [2.24, 2.45) is 0 Å². The second-order valence-corrected chi connectivity index (χ2v) is 8.19. The summed E-state index contributed by atoms with van der Waals surface area (Å²) >= 11 is 6.53. The largest absolute Gasteiger partial charge is 0.297 e. The summed E-state index contributed by atoms with van der Waals surface area (Å²) in [5, 5.41) is 0.332. The van der Waals surface area contributed by atoms with Crippen LogP contribution in [0.2, 0.25) is 5.02 Å². The minimum atomic E-state index is -0.144. The van der Waals surface area contributed by atoms with Crippen LogP contribution in [0, 0.1) is 0 Å². The number of hydrogen-bond donors (Lipinski definition) is 0. The van der Waals surface area contributed by atoms with Gasteiger partial charge in [-0.3, -0.25) is 14.4 Å². The van der Waals surface area contributed by atoms with Crippen molar-refractivity contribution < 1.29 is 0 Å². The second-order valence-electron chi connectivity index (χ2n) is 7.82. The minimum Gasteiger partial charge on any atom is -0.297 e. The summed E-state index contributed by atoms with van der Waals surface area (Å²) in [4.78, 5) is 15.3. The standard InChI is InChI=1S/C23H26ClN3O/c1-3-26-20(21(24)22(28)27(26)19-12-8-5-9-13-19)16-25-15-14-23(2,17-25)18-10-6-4-7-11-18/h4-13H,3,14-17H2,1-2H3. The molecule has 4 rings (SSSR count). The number of para-hydroxylation sites is 1. The lowest BCUT2D eigenvalue weighted by molar-refractivity contribution is 0.297. The van der Waals surface area contributed by atoms with Gasteiger partial charge in [0.2, 0.25) is 0 Å². The van der Waals surface area contributed by atoms with Gasteiger partial charge < -0.3 is 0 Å². The van der Waals surface area contributed by atoms with Crippen LogP contribution in [0.15, 0.2) is 65.5 Å². The summed E-state index contributed by atoms with van der Waals surface area (Å²) in [5.41, 5.74) is 3.11. The number of likely N-dealkylation sites (tertiary alicyclic amines) is 1. The first kappa shape index (κ1) is 19.0. The molecule has 3 aromatic rings. The van der Waals surface area contributed by atoms with Gasteiger partial charge in [-0.2, -0.15) is 0 Å². The molecule has 0 spiro atoms. The molecular weight excluding hydrogens is 370 g/mol. The van der Waals surface area contributed by atoms with E-state index in [1.807, 2.05) is 35.0 Å². The zero-order chi connectivity index (χ0) is 19.7. The van der Waals surface area contributed by atoms with Gasteiger partial charge in [0, 0.05) is 25.0 Å². The van der Waals surface area contributed by atoms with Crippen LogP contribution in [0.3, 0.4) is 0 Å². The molecule has 1 saturated heterocycles. The van der Waals surface area contributed by atoms with Crippen molar-refractivity contribution in [2.75, 3.05) is 13.1 Å². The fourth-order valence-corrected chi connectivity index (χ4v) is 4.59. The Kier molecular flexibility index (Phi) is 5.17. The van der Waals surface area contributed by atoms with Crippen molar-refractivity contribution in [1.29, 1.82) is 0 Å². The third-order valence-corrected chi connectivity index (χ3v) is 6.26.